The van der Waals surface area contributed by atoms with Crippen molar-refractivity contribution in [3.8, 4) is 5.75 Å². The number of nitrogens with zero attached hydrogens (tertiary/aromatic N) is 5. The van der Waals surface area contributed by atoms with Crippen molar-refractivity contribution in [1.29, 1.82) is 0 Å². The molecule has 0 saturated carbocycles. The smallest absolute Gasteiger partial charge is 0.343 e. The van der Waals surface area contributed by atoms with Crippen molar-refractivity contribution in [2.45, 2.75) is 44.0 Å². The Kier molecular flexibility index (Phi) is 8.69. The van der Waals surface area contributed by atoms with Gasteiger partial charge in [0.05, 0.1) is 24.7 Å². The molecule has 2 unspecified atom stereocenters. The molecule has 2 aliphatic heterocycles. The van der Waals surface area contributed by atoms with E-state index in [2.05, 4.69) is 21.7 Å². The van der Waals surface area contributed by atoms with Gasteiger partial charge in [0.25, 0.3) is 0 Å². The molecule has 4 rings (SSSR count). The highest BCUT2D eigenvalue weighted by atomic mass is 32.2. The molecule has 3 heterocycles. The van der Waals surface area contributed by atoms with Crippen LogP contribution in [0.3, 0.4) is 0 Å². The van der Waals surface area contributed by atoms with E-state index < -0.39 is 11.0 Å². The standard InChI is InChI=1S/C25H35N5O4S/c1-4-34-25(31)22-18-26-23(27-24(22)29-12-6-5-7-13-29)19(2)28-14-16-30(17-15-28)35(32)21-10-8-20(33-3)9-11-21/h8-11,18-19H,4-7,12-17H2,1-3H3. The Morgan fingerprint density at radius 1 is 1.06 bits per heavy atom. The molecule has 0 bridgehead atoms. The maximum atomic E-state index is 13.0. The van der Waals surface area contributed by atoms with Crippen LogP contribution in [0.5, 0.6) is 5.75 Å². The highest BCUT2D eigenvalue weighted by Crippen LogP contribution is 2.27. The van der Waals surface area contributed by atoms with Crippen molar-refractivity contribution in [3.63, 3.8) is 0 Å². The summed E-state index contributed by atoms with van der Waals surface area (Å²) < 4.78 is 25.5. The number of methoxy groups -OCH3 is 1. The minimum atomic E-state index is -1.21. The number of aromatic nitrogens is 2. The minimum Gasteiger partial charge on any atom is -0.497 e. The summed E-state index contributed by atoms with van der Waals surface area (Å²) in [6.45, 7) is 8.85. The Bertz CT molecular complexity index is 1020. The molecule has 0 radical (unpaired) electrons. The Morgan fingerprint density at radius 2 is 1.74 bits per heavy atom. The number of hydrogen-bond donors (Lipinski definition) is 0. The fourth-order valence-electron chi connectivity index (χ4n) is 4.55. The lowest BCUT2D eigenvalue weighted by molar-refractivity contribution is 0.0525. The molecule has 10 heteroatoms. The predicted octanol–water partition coefficient (Wildman–Crippen LogP) is 3.05. The molecule has 2 fully saturated rings. The maximum absolute atomic E-state index is 13.0. The Labute approximate surface area is 210 Å². The SMILES string of the molecule is CCOC(=O)c1cnc(C(C)N2CCN(S(=O)c3ccc(OC)cc3)CC2)nc1N1CCCCC1. The second kappa shape index (κ2) is 11.9. The van der Waals surface area contributed by atoms with Crippen LogP contribution < -0.4 is 9.64 Å². The molecule has 0 spiro atoms. The fraction of sp³-hybridized carbons (Fsp3) is 0.560. The first kappa shape index (κ1) is 25.5. The van der Waals surface area contributed by atoms with Crippen molar-refractivity contribution < 1.29 is 18.5 Å². The lowest BCUT2D eigenvalue weighted by Crippen LogP contribution is -2.47. The molecule has 0 aliphatic carbocycles. The van der Waals surface area contributed by atoms with Crippen LogP contribution in [0.25, 0.3) is 0 Å². The van der Waals surface area contributed by atoms with Crippen molar-refractivity contribution in [1.82, 2.24) is 19.2 Å². The van der Waals surface area contributed by atoms with E-state index >= 15 is 0 Å². The lowest BCUT2D eigenvalue weighted by Gasteiger charge is -2.37. The van der Waals surface area contributed by atoms with Crippen molar-refractivity contribution in [2.75, 3.05) is 57.9 Å². The number of rotatable bonds is 8. The quantitative estimate of drug-likeness (QED) is 0.510. The number of ether oxygens (including phenoxy) is 2. The normalized spacial score (nSPS) is 19.2. The van der Waals surface area contributed by atoms with Crippen LogP contribution >= 0.6 is 0 Å². The van der Waals surface area contributed by atoms with Crippen molar-refractivity contribution in [2.24, 2.45) is 0 Å². The number of piperazine rings is 1. The molecular formula is C25H35N5O4S. The Balaban J connectivity index is 1.44. The molecule has 190 valence electrons. The monoisotopic (exact) mass is 501 g/mol. The first-order chi connectivity index (χ1) is 17.0. The third-order valence-electron chi connectivity index (χ3n) is 6.63. The van der Waals surface area contributed by atoms with Gasteiger partial charge in [-0.25, -0.2) is 23.3 Å². The average molecular weight is 502 g/mol. The van der Waals surface area contributed by atoms with Gasteiger partial charge < -0.3 is 14.4 Å². The van der Waals surface area contributed by atoms with Gasteiger partial charge in [0.2, 0.25) is 0 Å². The number of anilines is 1. The summed E-state index contributed by atoms with van der Waals surface area (Å²) in [5, 5.41) is 0. The summed E-state index contributed by atoms with van der Waals surface area (Å²) >= 11 is 0. The number of benzene rings is 1. The van der Waals surface area contributed by atoms with Gasteiger partial charge in [0, 0.05) is 45.5 Å². The van der Waals surface area contributed by atoms with E-state index in [1.165, 1.54) is 6.42 Å². The molecule has 0 N–H and O–H groups in total. The maximum Gasteiger partial charge on any atom is 0.343 e. The van der Waals surface area contributed by atoms with Gasteiger partial charge in [-0.1, -0.05) is 0 Å². The van der Waals surface area contributed by atoms with E-state index in [1.807, 2.05) is 28.6 Å². The molecule has 2 atom stereocenters. The van der Waals surface area contributed by atoms with E-state index in [-0.39, 0.29) is 12.0 Å². The van der Waals surface area contributed by atoms with Crippen molar-refractivity contribution >= 4 is 22.8 Å². The van der Waals surface area contributed by atoms with E-state index in [4.69, 9.17) is 14.5 Å². The van der Waals surface area contributed by atoms with E-state index in [0.29, 0.717) is 36.9 Å². The average Bonchev–Trinajstić information content (AvgIpc) is 2.92. The van der Waals surface area contributed by atoms with Crippen molar-refractivity contribution in [3.05, 3.63) is 41.9 Å². The summed E-state index contributed by atoms with van der Waals surface area (Å²) in [5.41, 5.74) is 0.435. The number of piperidine rings is 1. The van der Waals surface area contributed by atoms with Crippen LogP contribution in [0.1, 0.15) is 55.3 Å². The first-order valence-corrected chi connectivity index (χ1v) is 13.5. The van der Waals surface area contributed by atoms with Gasteiger partial charge in [0.15, 0.2) is 0 Å². The first-order valence-electron chi connectivity index (χ1n) is 12.4. The number of esters is 1. The highest BCUT2D eigenvalue weighted by molar-refractivity contribution is 7.82. The zero-order valence-corrected chi connectivity index (χ0v) is 21.6. The zero-order valence-electron chi connectivity index (χ0n) is 20.8. The van der Waals surface area contributed by atoms with Crippen LogP contribution in [0, 0.1) is 0 Å². The van der Waals surface area contributed by atoms with Crippen LogP contribution in [-0.4, -0.2) is 82.3 Å². The molecule has 1 aromatic heterocycles. The van der Waals surface area contributed by atoms with Gasteiger partial charge >= 0.3 is 5.97 Å². The van der Waals surface area contributed by atoms with Gasteiger partial charge in [-0.2, -0.15) is 0 Å². The van der Waals surface area contributed by atoms with Crippen LogP contribution in [-0.2, 0) is 15.7 Å². The molecular weight excluding hydrogens is 466 g/mol. The van der Waals surface area contributed by atoms with Crippen LogP contribution in [0.2, 0.25) is 0 Å². The number of carbonyl (C=O) groups excluding carboxylic acids is 1. The largest absolute Gasteiger partial charge is 0.497 e. The highest BCUT2D eigenvalue weighted by Gasteiger charge is 2.29. The van der Waals surface area contributed by atoms with E-state index in [0.717, 1.165) is 49.7 Å². The Hall–Kier alpha value is -2.56. The number of carbonyl (C=O) groups is 1. The summed E-state index contributed by atoms with van der Waals surface area (Å²) in [6, 6.07) is 7.35. The van der Waals surface area contributed by atoms with E-state index in [9.17, 15) is 9.00 Å². The summed E-state index contributed by atoms with van der Waals surface area (Å²) in [6.07, 6.45) is 4.99. The molecule has 2 aliphatic rings. The molecule has 2 saturated heterocycles. The van der Waals surface area contributed by atoms with Crippen LogP contribution in [0.4, 0.5) is 5.82 Å². The third-order valence-corrected chi connectivity index (χ3v) is 8.14. The molecule has 35 heavy (non-hydrogen) atoms. The predicted molar refractivity (Wildman–Crippen MR) is 135 cm³/mol. The second-order valence-electron chi connectivity index (χ2n) is 8.80. The van der Waals surface area contributed by atoms with Gasteiger partial charge in [-0.05, 0) is 57.4 Å². The van der Waals surface area contributed by atoms with Crippen LogP contribution in [0.15, 0.2) is 35.4 Å². The third kappa shape index (κ3) is 5.99. The van der Waals surface area contributed by atoms with Gasteiger partial charge in [-0.3, -0.25) is 4.90 Å². The summed E-state index contributed by atoms with van der Waals surface area (Å²) in [5.74, 6) is 1.76. The second-order valence-corrected chi connectivity index (χ2v) is 10.3. The zero-order chi connectivity index (χ0) is 24.8. The lowest BCUT2D eigenvalue weighted by atomic mass is 10.1. The molecule has 0 amide bonds. The topological polar surface area (TPSA) is 88.1 Å². The molecule has 1 aromatic carbocycles. The summed E-state index contributed by atoms with van der Waals surface area (Å²) in [7, 11) is 0.412. The minimum absolute atomic E-state index is 0.0219. The van der Waals surface area contributed by atoms with Gasteiger partial charge in [0.1, 0.15) is 33.9 Å². The Morgan fingerprint density at radius 3 is 2.37 bits per heavy atom. The molecule has 2 aromatic rings. The van der Waals surface area contributed by atoms with E-state index in [1.54, 1.807) is 20.2 Å². The molecule has 9 nitrogen and oxygen atoms in total. The number of hydrogen-bond acceptors (Lipinski definition) is 8. The van der Waals surface area contributed by atoms with Gasteiger partial charge in [-0.15, -0.1) is 0 Å². The fourth-order valence-corrected chi connectivity index (χ4v) is 5.71. The summed E-state index contributed by atoms with van der Waals surface area (Å²) in [4.78, 5) is 27.3.